The van der Waals surface area contributed by atoms with E-state index < -0.39 is 12.0 Å². The molecule has 0 radical (unpaired) electrons. The first-order chi connectivity index (χ1) is 19.7. The molecular formula is C31H30ClN3O5S. The summed E-state index contributed by atoms with van der Waals surface area (Å²) < 4.78 is 20.5. The number of hydrogen-bond donors (Lipinski definition) is 0. The van der Waals surface area contributed by atoms with E-state index in [0.29, 0.717) is 42.7 Å². The summed E-state index contributed by atoms with van der Waals surface area (Å²) in [7, 11) is 3.10. The first-order valence-corrected chi connectivity index (χ1v) is 14.2. The fourth-order valence-corrected chi connectivity index (χ4v) is 6.36. The van der Waals surface area contributed by atoms with Gasteiger partial charge in [-0.15, -0.1) is 0 Å². The molecule has 1 aliphatic rings. The molecule has 0 unspecified atom stereocenters. The number of methoxy groups -OCH3 is 2. The molecule has 3 heterocycles. The van der Waals surface area contributed by atoms with Gasteiger partial charge in [-0.3, -0.25) is 9.36 Å². The molecule has 0 N–H and O–H groups in total. The topological polar surface area (TPSA) is 84.1 Å². The molecular weight excluding hydrogens is 562 g/mol. The highest BCUT2D eigenvalue weighted by Gasteiger charge is 2.34. The third-order valence-electron chi connectivity index (χ3n) is 7.08. The van der Waals surface area contributed by atoms with Crippen molar-refractivity contribution in [2.24, 2.45) is 4.99 Å². The normalized spacial score (nSPS) is 15.0. The SMILES string of the molecule is CCOC(=O)C1=C(C)N=c2s/c(=C/c3cc(C)n(-c4ccc(Cl)cc4)c3C)c(=O)n2[C@H]1c1ccc(OC)c(OC)c1. The van der Waals surface area contributed by atoms with E-state index in [1.54, 1.807) is 44.8 Å². The number of thiazole rings is 1. The van der Waals surface area contributed by atoms with Crippen molar-refractivity contribution in [1.29, 1.82) is 0 Å². The Morgan fingerprint density at radius 3 is 2.41 bits per heavy atom. The van der Waals surface area contributed by atoms with Crippen molar-refractivity contribution in [2.45, 2.75) is 33.7 Å². The van der Waals surface area contributed by atoms with E-state index >= 15 is 0 Å². The summed E-state index contributed by atoms with van der Waals surface area (Å²) in [5.74, 6) is 0.507. The van der Waals surface area contributed by atoms with E-state index in [1.165, 1.54) is 11.3 Å². The Morgan fingerprint density at radius 2 is 1.76 bits per heavy atom. The van der Waals surface area contributed by atoms with E-state index in [1.807, 2.05) is 56.3 Å². The van der Waals surface area contributed by atoms with Gasteiger partial charge in [0.2, 0.25) is 0 Å². The molecule has 41 heavy (non-hydrogen) atoms. The lowest BCUT2D eigenvalue weighted by molar-refractivity contribution is -0.139. The van der Waals surface area contributed by atoms with Crippen LogP contribution < -0.4 is 24.4 Å². The fourth-order valence-electron chi connectivity index (χ4n) is 5.19. The van der Waals surface area contributed by atoms with Gasteiger partial charge in [-0.1, -0.05) is 29.0 Å². The van der Waals surface area contributed by atoms with E-state index in [2.05, 4.69) is 9.56 Å². The number of aryl methyl sites for hydroxylation is 1. The number of hydrogen-bond acceptors (Lipinski definition) is 7. The average molecular weight is 592 g/mol. The fraction of sp³-hybridized carbons (Fsp3) is 0.258. The average Bonchev–Trinajstić information content (AvgIpc) is 3.41. The molecule has 0 amide bonds. The number of fused-ring (bicyclic) bond motifs is 1. The summed E-state index contributed by atoms with van der Waals surface area (Å²) in [4.78, 5) is 32.4. The van der Waals surface area contributed by atoms with E-state index in [9.17, 15) is 9.59 Å². The molecule has 0 saturated carbocycles. The summed E-state index contributed by atoms with van der Waals surface area (Å²) in [6.45, 7) is 7.74. The molecule has 0 bridgehead atoms. The maximum Gasteiger partial charge on any atom is 0.338 e. The second kappa shape index (κ2) is 11.4. The summed E-state index contributed by atoms with van der Waals surface area (Å²) in [6.07, 6.45) is 1.88. The molecule has 212 valence electrons. The van der Waals surface area contributed by atoms with Crippen LogP contribution in [-0.2, 0) is 9.53 Å². The molecule has 2 aromatic heterocycles. The van der Waals surface area contributed by atoms with Gasteiger partial charge in [-0.2, -0.15) is 0 Å². The minimum absolute atomic E-state index is 0.196. The highest BCUT2D eigenvalue weighted by atomic mass is 35.5. The molecule has 0 aliphatic carbocycles. The van der Waals surface area contributed by atoms with Gasteiger partial charge in [-0.05, 0) is 87.4 Å². The number of halogens is 1. The number of esters is 1. The van der Waals surface area contributed by atoms with Gasteiger partial charge in [0.05, 0.1) is 42.7 Å². The van der Waals surface area contributed by atoms with Crippen molar-refractivity contribution >= 4 is 35.0 Å². The highest BCUT2D eigenvalue weighted by Crippen LogP contribution is 2.36. The predicted octanol–water partition coefficient (Wildman–Crippen LogP) is 4.88. The zero-order valence-corrected chi connectivity index (χ0v) is 25.2. The number of carbonyl (C=O) groups is 1. The highest BCUT2D eigenvalue weighted by molar-refractivity contribution is 7.07. The first kappa shape index (κ1) is 28.4. The molecule has 5 rings (SSSR count). The summed E-state index contributed by atoms with van der Waals surface area (Å²) in [5, 5.41) is 0.666. The predicted molar refractivity (Wildman–Crippen MR) is 160 cm³/mol. The Hall–Kier alpha value is -4.08. The number of rotatable bonds is 7. The second-order valence-electron chi connectivity index (χ2n) is 9.55. The van der Waals surface area contributed by atoms with Gasteiger partial charge >= 0.3 is 5.97 Å². The summed E-state index contributed by atoms with van der Waals surface area (Å²) in [5.41, 5.74) is 5.12. The second-order valence-corrected chi connectivity index (χ2v) is 11.0. The van der Waals surface area contributed by atoms with Gasteiger partial charge in [0.25, 0.3) is 5.56 Å². The molecule has 4 aromatic rings. The van der Waals surface area contributed by atoms with Gasteiger partial charge in [0.15, 0.2) is 16.3 Å². The van der Waals surface area contributed by atoms with Crippen LogP contribution in [0.4, 0.5) is 0 Å². The Balaban J connectivity index is 1.70. The number of allylic oxidation sites excluding steroid dienone is 1. The van der Waals surface area contributed by atoms with Crippen molar-refractivity contribution in [1.82, 2.24) is 9.13 Å². The van der Waals surface area contributed by atoms with Gasteiger partial charge in [-0.25, -0.2) is 9.79 Å². The Labute approximate surface area is 246 Å². The van der Waals surface area contributed by atoms with Crippen LogP contribution in [0.1, 0.15) is 42.4 Å². The Morgan fingerprint density at radius 1 is 1.05 bits per heavy atom. The maximum atomic E-state index is 14.1. The van der Waals surface area contributed by atoms with Gasteiger partial charge < -0.3 is 18.8 Å². The zero-order valence-electron chi connectivity index (χ0n) is 23.6. The van der Waals surface area contributed by atoms with E-state index in [4.69, 9.17) is 25.8 Å². The van der Waals surface area contributed by atoms with Crippen molar-refractivity contribution in [3.8, 4) is 17.2 Å². The molecule has 0 saturated heterocycles. The lowest BCUT2D eigenvalue weighted by atomic mass is 9.95. The third-order valence-corrected chi connectivity index (χ3v) is 8.32. The van der Waals surface area contributed by atoms with Crippen LogP contribution in [0.5, 0.6) is 11.5 Å². The van der Waals surface area contributed by atoms with Crippen LogP contribution in [-0.4, -0.2) is 35.9 Å². The molecule has 8 nitrogen and oxygen atoms in total. The molecule has 1 atom stereocenters. The zero-order chi connectivity index (χ0) is 29.4. The summed E-state index contributed by atoms with van der Waals surface area (Å²) in [6, 6.07) is 14.3. The van der Waals surface area contributed by atoms with Crippen LogP contribution in [0.15, 0.2) is 69.6 Å². The lowest BCUT2D eigenvalue weighted by Crippen LogP contribution is -2.40. The molecule has 2 aromatic carbocycles. The van der Waals surface area contributed by atoms with Gasteiger partial charge in [0, 0.05) is 22.1 Å². The first-order valence-electron chi connectivity index (χ1n) is 13.0. The Bertz CT molecular complexity index is 1860. The third kappa shape index (κ3) is 5.11. The molecule has 0 spiro atoms. The number of nitrogens with zero attached hydrogens (tertiary/aromatic N) is 3. The van der Waals surface area contributed by atoms with Crippen molar-refractivity contribution in [3.05, 3.63) is 107 Å². The molecule has 1 aliphatic heterocycles. The van der Waals surface area contributed by atoms with Crippen LogP contribution in [0.25, 0.3) is 11.8 Å². The van der Waals surface area contributed by atoms with Crippen LogP contribution in [0, 0.1) is 13.8 Å². The van der Waals surface area contributed by atoms with E-state index in [-0.39, 0.29) is 12.2 Å². The minimum Gasteiger partial charge on any atom is -0.493 e. The van der Waals surface area contributed by atoms with Crippen molar-refractivity contribution < 1.29 is 19.0 Å². The standard InChI is InChI=1S/C31H30ClN3O5S/c1-7-40-30(37)27-18(3)33-31-35(28(27)20-8-13-24(38-5)25(15-20)39-6)29(36)26(41-31)16-21-14-17(2)34(19(21)4)23-11-9-22(32)10-12-23/h8-16,28H,7H2,1-6H3/b26-16+/t28-/m0/s1. The summed E-state index contributed by atoms with van der Waals surface area (Å²) >= 11 is 7.38. The van der Waals surface area contributed by atoms with Gasteiger partial charge in [0.1, 0.15) is 0 Å². The maximum absolute atomic E-state index is 14.1. The smallest absolute Gasteiger partial charge is 0.338 e. The molecule has 10 heteroatoms. The van der Waals surface area contributed by atoms with E-state index in [0.717, 1.165) is 22.6 Å². The van der Waals surface area contributed by atoms with Crippen LogP contribution in [0.3, 0.4) is 0 Å². The number of benzene rings is 2. The van der Waals surface area contributed by atoms with Crippen LogP contribution in [0.2, 0.25) is 5.02 Å². The van der Waals surface area contributed by atoms with Crippen LogP contribution >= 0.6 is 22.9 Å². The quantitative estimate of drug-likeness (QED) is 0.286. The van der Waals surface area contributed by atoms with Crippen molar-refractivity contribution in [2.75, 3.05) is 20.8 Å². The largest absolute Gasteiger partial charge is 0.493 e. The number of carbonyl (C=O) groups excluding carboxylic acids is 1. The molecule has 0 fully saturated rings. The Kier molecular flexibility index (Phi) is 7.93. The number of aromatic nitrogens is 2. The minimum atomic E-state index is -0.756. The number of ether oxygens (including phenoxy) is 3. The van der Waals surface area contributed by atoms with Crippen molar-refractivity contribution in [3.63, 3.8) is 0 Å². The monoisotopic (exact) mass is 591 g/mol. The lowest BCUT2D eigenvalue weighted by Gasteiger charge is -2.25.